The van der Waals surface area contributed by atoms with Crippen molar-refractivity contribution in [3.63, 3.8) is 0 Å². The molecule has 1 aromatic heterocycles. The van der Waals surface area contributed by atoms with Gasteiger partial charge in [-0.2, -0.15) is 0 Å². The highest BCUT2D eigenvalue weighted by Crippen LogP contribution is 2.22. The predicted octanol–water partition coefficient (Wildman–Crippen LogP) is 1.11. The van der Waals surface area contributed by atoms with Crippen molar-refractivity contribution in [1.82, 2.24) is 4.98 Å². The normalized spacial score (nSPS) is 12.6. The number of hydrogen-bond donors (Lipinski definition) is 2. The summed E-state index contributed by atoms with van der Waals surface area (Å²) in [5.41, 5.74) is 12.9. The molecular formula is C12H13N3O. The molecule has 4 N–H and O–H groups in total. The molecule has 1 aromatic carbocycles. The Balaban J connectivity index is 2.47. The lowest BCUT2D eigenvalue weighted by atomic mass is 10.0. The van der Waals surface area contributed by atoms with Gasteiger partial charge in [-0.1, -0.05) is 18.2 Å². The maximum Gasteiger partial charge on any atom is 0.219 e. The number of benzene rings is 1. The number of primary amides is 1. The molecule has 0 radical (unpaired) electrons. The lowest BCUT2D eigenvalue weighted by molar-refractivity contribution is -0.118. The summed E-state index contributed by atoms with van der Waals surface area (Å²) in [6.45, 7) is 0. The maximum absolute atomic E-state index is 10.8. The number of amides is 1. The Morgan fingerprint density at radius 3 is 2.81 bits per heavy atom. The molecule has 1 heterocycles. The topological polar surface area (TPSA) is 82.0 Å². The first-order valence-electron chi connectivity index (χ1n) is 5.06. The van der Waals surface area contributed by atoms with E-state index < -0.39 is 5.91 Å². The number of hydrogen-bond acceptors (Lipinski definition) is 3. The van der Waals surface area contributed by atoms with Crippen LogP contribution in [-0.2, 0) is 4.79 Å². The van der Waals surface area contributed by atoms with Gasteiger partial charge in [-0.25, -0.2) is 0 Å². The van der Waals surface area contributed by atoms with Gasteiger partial charge in [-0.05, 0) is 17.7 Å². The van der Waals surface area contributed by atoms with Gasteiger partial charge in [0.25, 0.3) is 0 Å². The van der Waals surface area contributed by atoms with Crippen molar-refractivity contribution in [3.8, 4) is 0 Å². The standard InChI is InChI=1S/C12H13N3O/c13-10(7-12(14)16)8-5-6-15-11-4-2-1-3-9(8)11/h1-6,10H,7,13H2,(H2,14,16)/t10-/m1/s1. The molecule has 1 atom stereocenters. The lowest BCUT2D eigenvalue weighted by Crippen LogP contribution is -2.20. The SMILES string of the molecule is NC(=O)C[C@@H](N)c1ccnc2ccccc12. The second kappa shape index (κ2) is 4.28. The third kappa shape index (κ3) is 2.01. The molecule has 4 nitrogen and oxygen atoms in total. The summed E-state index contributed by atoms with van der Waals surface area (Å²) in [6.07, 6.45) is 1.84. The number of carbonyl (C=O) groups is 1. The molecule has 16 heavy (non-hydrogen) atoms. The van der Waals surface area contributed by atoms with Crippen LogP contribution in [0.4, 0.5) is 0 Å². The zero-order chi connectivity index (χ0) is 11.5. The molecule has 0 aliphatic carbocycles. The average Bonchev–Trinajstić information content (AvgIpc) is 2.27. The van der Waals surface area contributed by atoms with Gasteiger partial charge in [0.15, 0.2) is 0 Å². The summed E-state index contributed by atoms with van der Waals surface area (Å²) in [5.74, 6) is -0.395. The fourth-order valence-corrected chi connectivity index (χ4v) is 1.77. The quantitative estimate of drug-likeness (QED) is 0.804. The Kier molecular flexibility index (Phi) is 2.83. The molecule has 0 unspecified atom stereocenters. The number of aromatic nitrogens is 1. The molecule has 0 aliphatic heterocycles. The second-order valence-corrected chi connectivity index (χ2v) is 3.69. The van der Waals surface area contributed by atoms with Crippen LogP contribution >= 0.6 is 0 Å². The lowest BCUT2D eigenvalue weighted by Gasteiger charge is -2.12. The summed E-state index contributed by atoms with van der Waals surface area (Å²) in [7, 11) is 0. The van der Waals surface area contributed by atoms with E-state index in [4.69, 9.17) is 11.5 Å². The Hall–Kier alpha value is -1.94. The first-order chi connectivity index (χ1) is 7.68. The smallest absolute Gasteiger partial charge is 0.219 e. The summed E-state index contributed by atoms with van der Waals surface area (Å²) < 4.78 is 0. The van der Waals surface area contributed by atoms with Crippen LogP contribution in [0.15, 0.2) is 36.5 Å². The van der Waals surface area contributed by atoms with E-state index in [2.05, 4.69) is 4.98 Å². The minimum Gasteiger partial charge on any atom is -0.370 e. The highest BCUT2D eigenvalue weighted by atomic mass is 16.1. The minimum absolute atomic E-state index is 0.147. The number of para-hydroxylation sites is 1. The zero-order valence-electron chi connectivity index (χ0n) is 8.76. The molecule has 0 saturated carbocycles. The minimum atomic E-state index is -0.395. The van der Waals surface area contributed by atoms with Crippen molar-refractivity contribution >= 4 is 16.8 Å². The summed E-state index contributed by atoms with van der Waals surface area (Å²) in [4.78, 5) is 15.1. The summed E-state index contributed by atoms with van der Waals surface area (Å²) >= 11 is 0. The molecular weight excluding hydrogens is 202 g/mol. The number of nitrogens with two attached hydrogens (primary N) is 2. The van der Waals surface area contributed by atoms with Gasteiger partial charge < -0.3 is 11.5 Å². The zero-order valence-corrected chi connectivity index (χ0v) is 8.76. The van der Waals surface area contributed by atoms with Crippen LogP contribution in [0, 0.1) is 0 Å². The first kappa shape index (κ1) is 10.6. The molecule has 4 heteroatoms. The van der Waals surface area contributed by atoms with Crippen LogP contribution in [0.1, 0.15) is 18.0 Å². The number of carbonyl (C=O) groups excluding carboxylic acids is 1. The fourth-order valence-electron chi connectivity index (χ4n) is 1.77. The third-order valence-corrected chi connectivity index (χ3v) is 2.50. The molecule has 0 saturated heterocycles. The number of nitrogens with zero attached hydrogens (tertiary/aromatic N) is 1. The van der Waals surface area contributed by atoms with E-state index in [1.165, 1.54) is 0 Å². The van der Waals surface area contributed by atoms with Crippen LogP contribution in [-0.4, -0.2) is 10.9 Å². The number of rotatable bonds is 3. The molecule has 0 aliphatic rings. The fraction of sp³-hybridized carbons (Fsp3) is 0.167. The Morgan fingerprint density at radius 2 is 2.06 bits per heavy atom. The van der Waals surface area contributed by atoms with Crippen molar-refractivity contribution in [1.29, 1.82) is 0 Å². The highest BCUT2D eigenvalue weighted by Gasteiger charge is 2.12. The molecule has 2 rings (SSSR count). The van der Waals surface area contributed by atoms with Crippen LogP contribution < -0.4 is 11.5 Å². The first-order valence-corrected chi connectivity index (χ1v) is 5.06. The average molecular weight is 215 g/mol. The third-order valence-electron chi connectivity index (χ3n) is 2.50. The Bertz CT molecular complexity index is 519. The largest absolute Gasteiger partial charge is 0.370 e. The van der Waals surface area contributed by atoms with Crippen molar-refractivity contribution in [2.24, 2.45) is 11.5 Å². The number of fused-ring (bicyclic) bond motifs is 1. The van der Waals surface area contributed by atoms with Crippen molar-refractivity contribution in [2.75, 3.05) is 0 Å². The van der Waals surface area contributed by atoms with Crippen LogP contribution in [0.2, 0.25) is 0 Å². The van der Waals surface area contributed by atoms with E-state index in [9.17, 15) is 4.79 Å². The number of pyridine rings is 1. The van der Waals surface area contributed by atoms with E-state index in [0.29, 0.717) is 0 Å². The van der Waals surface area contributed by atoms with E-state index in [1.54, 1.807) is 6.20 Å². The van der Waals surface area contributed by atoms with Gasteiger partial charge in [0.05, 0.1) is 5.52 Å². The Labute approximate surface area is 93.3 Å². The molecule has 82 valence electrons. The van der Waals surface area contributed by atoms with E-state index in [-0.39, 0.29) is 12.5 Å². The maximum atomic E-state index is 10.8. The van der Waals surface area contributed by atoms with Gasteiger partial charge in [0.2, 0.25) is 5.91 Å². The predicted molar refractivity (Wildman–Crippen MR) is 62.5 cm³/mol. The van der Waals surface area contributed by atoms with Crippen LogP contribution in [0.5, 0.6) is 0 Å². The van der Waals surface area contributed by atoms with Crippen LogP contribution in [0.25, 0.3) is 10.9 Å². The van der Waals surface area contributed by atoms with Gasteiger partial charge in [0.1, 0.15) is 0 Å². The van der Waals surface area contributed by atoms with Crippen molar-refractivity contribution in [2.45, 2.75) is 12.5 Å². The molecule has 0 spiro atoms. The highest BCUT2D eigenvalue weighted by molar-refractivity contribution is 5.83. The summed E-state index contributed by atoms with van der Waals surface area (Å²) in [6, 6.07) is 9.15. The van der Waals surface area contributed by atoms with E-state index in [1.807, 2.05) is 30.3 Å². The van der Waals surface area contributed by atoms with Gasteiger partial charge >= 0.3 is 0 Å². The summed E-state index contributed by atoms with van der Waals surface area (Å²) in [5, 5.41) is 0.971. The van der Waals surface area contributed by atoms with Gasteiger partial charge in [-0.15, -0.1) is 0 Å². The van der Waals surface area contributed by atoms with Gasteiger partial charge in [-0.3, -0.25) is 9.78 Å². The Morgan fingerprint density at radius 1 is 1.31 bits per heavy atom. The molecule has 1 amide bonds. The second-order valence-electron chi connectivity index (χ2n) is 3.69. The molecule has 0 fully saturated rings. The molecule has 0 bridgehead atoms. The van der Waals surface area contributed by atoms with E-state index in [0.717, 1.165) is 16.5 Å². The monoisotopic (exact) mass is 215 g/mol. The van der Waals surface area contributed by atoms with Crippen LogP contribution in [0.3, 0.4) is 0 Å². The van der Waals surface area contributed by atoms with Crippen molar-refractivity contribution < 1.29 is 4.79 Å². The van der Waals surface area contributed by atoms with E-state index >= 15 is 0 Å². The van der Waals surface area contributed by atoms with Gasteiger partial charge in [0, 0.05) is 24.0 Å². The van der Waals surface area contributed by atoms with Crippen molar-refractivity contribution in [3.05, 3.63) is 42.1 Å². The molecule has 2 aromatic rings.